The van der Waals surface area contributed by atoms with Gasteiger partial charge in [0.05, 0.1) is 11.7 Å². The van der Waals surface area contributed by atoms with E-state index in [0.29, 0.717) is 6.61 Å². The van der Waals surface area contributed by atoms with E-state index in [9.17, 15) is 5.11 Å². The van der Waals surface area contributed by atoms with Gasteiger partial charge in [-0.25, -0.2) is 0 Å². The summed E-state index contributed by atoms with van der Waals surface area (Å²) in [5, 5.41) is 17.8. The summed E-state index contributed by atoms with van der Waals surface area (Å²) < 4.78 is 11.8. The van der Waals surface area contributed by atoms with E-state index in [1.165, 1.54) is 5.56 Å². The fourth-order valence-electron chi connectivity index (χ4n) is 3.67. The lowest BCUT2D eigenvalue weighted by Gasteiger charge is -2.43. The van der Waals surface area contributed by atoms with Crippen LogP contribution < -0.4 is 20.1 Å². The number of benzene rings is 2. The van der Waals surface area contributed by atoms with Crippen LogP contribution in [0, 0.1) is 0 Å². The highest BCUT2D eigenvalue weighted by Crippen LogP contribution is 2.45. The predicted molar refractivity (Wildman–Crippen MR) is 102 cm³/mol. The van der Waals surface area contributed by atoms with E-state index in [1.807, 2.05) is 32.0 Å². The number of ether oxygens (including phenoxy) is 2. The molecule has 2 aromatic rings. The highest BCUT2D eigenvalue weighted by molar-refractivity contribution is 5.64. The molecular weight excluding hydrogens is 328 g/mol. The molecule has 4 rings (SSSR count). The van der Waals surface area contributed by atoms with Gasteiger partial charge in [0.15, 0.2) is 0 Å². The number of anilines is 1. The van der Waals surface area contributed by atoms with Crippen LogP contribution in [0.15, 0.2) is 42.5 Å². The summed E-state index contributed by atoms with van der Waals surface area (Å²) in [6.07, 6.45) is 0.265. The van der Waals surface area contributed by atoms with Crippen LogP contribution in [0.3, 0.4) is 0 Å². The molecule has 2 atom stereocenters. The summed E-state index contributed by atoms with van der Waals surface area (Å²) in [5.41, 5.74) is 2.54. The molecule has 0 aromatic heterocycles. The number of fused-ring (bicyclic) bond motifs is 2. The van der Waals surface area contributed by atoms with Gasteiger partial charge in [0, 0.05) is 18.2 Å². The first kappa shape index (κ1) is 17.2. The second kappa shape index (κ2) is 6.82. The first-order valence-corrected chi connectivity index (χ1v) is 9.23. The molecule has 0 saturated carbocycles. The maximum atomic E-state index is 10.9. The molecule has 3 N–H and O–H groups in total. The van der Waals surface area contributed by atoms with Crippen LogP contribution in [-0.2, 0) is 6.42 Å². The summed E-state index contributed by atoms with van der Waals surface area (Å²) in [4.78, 5) is 0. The van der Waals surface area contributed by atoms with Crippen LogP contribution in [0.5, 0.6) is 11.5 Å². The molecule has 0 bridgehead atoms. The molecule has 0 amide bonds. The standard InChI is InChI=1S/C21H26N2O3/c1-21(2)20(24)19(23-9-8-14-6-4-3-5-7-14)15-12-16-18(13-17(15)26-21)25-11-10-22-16/h3-7,12-13,19-20,22-24H,8-11H2,1-2H3. The second-order valence-corrected chi connectivity index (χ2v) is 7.48. The van der Waals surface area contributed by atoms with Crippen molar-refractivity contribution < 1.29 is 14.6 Å². The van der Waals surface area contributed by atoms with Gasteiger partial charge in [-0.1, -0.05) is 30.3 Å². The van der Waals surface area contributed by atoms with Crippen molar-refractivity contribution in [2.24, 2.45) is 0 Å². The molecule has 0 spiro atoms. The Kier molecular flexibility index (Phi) is 4.51. The molecule has 2 aliphatic rings. The van der Waals surface area contributed by atoms with E-state index < -0.39 is 11.7 Å². The molecule has 5 heteroatoms. The molecule has 0 radical (unpaired) electrons. The Balaban J connectivity index is 1.58. The minimum atomic E-state index is -0.673. The van der Waals surface area contributed by atoms with Crippen LogP contribution in [0.1, 0.15) is 31.0 Å². The molecule has 0 aliphatic carbocycles. The summed E-state index contributed by atoms with van der Waals surface area (Å²) in [6, 6.07) is 14.2. The minimum Gasteiger partial charge on any atom is -0.489 e. The monoisotopic (exact) mass is 354 g/mol. The van der Waals surface area contributed by atoms with E-state index in [1.54, 1.807) is 0 Å². The van der Waals surface area contributed by atoms with Crippen molar-refractivity contribution in [1.29, 1.82) is 0 Å². The number of aliphatic hydroxyl groups excluding tert-OH is 1. The fraction of sp³-hybridized carbons (Fsp3) is 0.429. The van der Waals surface area contributed by atoms with Crippen molar-refractivity contribution in [1.82, 2.24) is 5.32 Å². The van der Waals surface area contributed by atoms with Crippen molar-refractivity contribution in [2.45, 2.75) is 38.0 Å². The van der Waals surface area contributed by atoms with Gasteiger partial charge in [-0.15, -0.1) is 0 Å². The van der Waals surface area contributed by atoms with Gasteiger partial charge >= 0.3 is 0 Å². The number of hydrogen-bond acceptors (Lipinski definition) is 5. The summed E-state index contributed by atoms with van der Waals surface area (Å²) in [7, 11) is 0. The molecule has 26 heavy (non-hydrogen) atoms. The van der Waals surface area contributed by atoms with Crippen LogP contribution in [0.2, 0.25) is 0 Å². The summed E-state index contributed by atoms with van der Waals surface area (Å²) >= 11 is 0. The van der Waals surface area contributed by atoms with E-state index in [4.69, 9.17) is 9.47 Å². The van der Waals surface area contributed by atoms with Crippen molar-refractivity contribution in [3.63, 3.8) is 0 Å². The van der Waals surface area contributed by atoms with Gasteiger partial charge in [0.2, 0.25) is 0 Å². The van der Waals surface area contributed by atoms with Crippen LogP contribution in [-0.4, -0.2) is 36.5 Å². The van der Waals surface area contributed by atoms with Gasteiger partial charge in [-0.3, -0.25) is 0 Å². The third-order valence-corrected chi connectivity index (χ3v) is 5.14. The molecule has 5 nitrogen and oxygen atoms in total. The lowest BCUT2D eigenvalue weighted by atomic mass is 9.86. The van der Waals surface area contributed by atoms with Crippen molar-refractivity contribution in [3.05, 3.63) is 53.6 Å². The Bertz CT molecular complexity index is 776. The molecular formula is C21H26N2O3. The zero-order chi connectivity index (χ0) is 18.1. The Labute approximate surface area is 154 Å². The Morgan fingerprint density at radius 2 is 2.00 bits per heavy atom. The topological polar surface area (TPSA) is 62.8 Å². The molecule has 2 aliphatic heterocycles. The molecule has 2 unspecified atom stereocenters. The number of aliphatic hydroxyl groups is 1. The molecule has 0 fully saturated rings. The number of nitrogens with one attached hydrogen (secondary N) is 2. The highest BCUT2D eigenvalue weighted by atomic mass is 16.5. The quantitative estimate of drug-likeness (QED) is 0.788. The Morgan fingerprint density at radius 1 is 1.19 bits per heavy atom. The predicted octanol–water partition coefficient (Wildman–Crippen LogP) is 2.90. The van der Waals surface area contributed by atoms with E-state index in [0.717, 1.165) is 42.3 Å². The number of rotatable bonds is 4. The van der Waals surface area contributed by atoms with Crippen molar-refractivity contribution in [2.75, 3.05) is 25.0 Å². The lowest BCUT2D eigenvalue weighted by molar-refractivity contribution is -0.0645. The fourth-order valence-corrected chi connectivity index (χ4v) is 3.67. The van der Waals surface area contributed by atoms with Crippen molar-refractivity contribution in [3.8, 4) is 11.5 Å². The van der Waals surface area contributed by atoms with E-state index in [2.05, 4.69) is 34.9 Å². The average molecular weight is 354 g/mol. The van der Waals surface area contributed by atoms with Gasteiger partial charge in [0.25, 0.3) is 0 Å². The first-order chi connectivity index (χ1) is 12.5. The van der Waals surface area contributed by atoms with Crippen LogP contribution >= 0.6 is 0 Å². The molecule has 0 saturated heterocycles. The van der Waals surface area contributed by atoms with Gasteiger partial charge < -0.3 is 25.2 Å². The second-order valence-electron chi connectivity index (χ2n) is 7.48. The van der Waals surface area contributed by atoms with E-state index in [-0.39, 0.29) is 6.04 Å². The Morgan fingerprint density at radius 3 is 2.81 bits per heavy atom. The average Bonchev–Trinajstić information content (AvgIpc) is 2.64. The minimum absolute atomic E-state index is 0.188. The zero-order valence-electron chi connectivity index (χ0n) is 15.3. The summed E-state index contributed by atoms with van der Waals surface area (Å²) in [6.45, 7) is 6.06. The molecule has 2 aromatic carbocycles. The largest absolute Gasteiger partial charge is 0.489 e. The maximum Gasteiger partial charge on any atom is 0.146 e. The maximum absolute atomic E-state index is 10.9. The first-order valence-electron chi connectivity index (χ1n) is 9.23. The third kappa shape index (κ3) is 3.24. The van der Waals surface area contributed by atoms with Gasteiger partial charge in [-0.05, 0) is 38.4 Å². The third-order valence-electron chi connectivity index (χ3n) is 5.14. The van der Waals surface area contributed by atoms with Gasteiger partial charge in [0.1, 0.15) is 29.8 Å². The smallest absolute Gasteiger partial charge is 0.146 e. The van der Waals surface area contributed by atoms with E-state index >= 15 is 0 Å². The Hall–Kier alpha value is -2.24. The highest BCUT2D eigenvalue weighted by Gasteiger charge is 2.43. The van der Waals surface area contributed by atoms with Gasteiger partial charge in [-0.2, -0.15) is 0 Å². The van der Waals surface area contributed by atoms with Crippen molar-refractivity contribution >= 4 is 5.69 Å². The normalized spacial score (nSPS) is 23.0. The zero-order valence-corrected chi connectivity index (χ0v) is 15.3. The lowest BCUT2D eigenvalue weighted by Crippen LogP contribution is -2.52. The SMILES string of the molecule is CC1(C)Oc2cc3c(cc2C(NCCc2ccccc2)C1O)NCCO3. The van der Waals surface area contributed by atoms with Crippen LogP contribution in [0.25, 0.3) is 0 Å². The summed E-state index contributed by atoms with van der Waals surface area (Å²) in [5.74, 6) is 1.59. The molecule has 138 valence electrons. The number of hydrogen-bond donors (Lipinski definition) is 3. The molecule has 2 heterocycles. The van der Waals surface area contributed by atoms with Crippen LogP contribution in [0.4, 0.5) is 5.69 Å².